The molecule has 0 aliphatic rings. The van der Waals surface area contributed by atoms with Crippen LogP contribution in [-0.4, -0.2) is 37.2 Å². The molecule has 0 fully saturated rings. The average Bonchev–Trinajstić information content (AvgIpc) is 3.48. The highest BCUT2D eigenvalue weighted by atomic mass is 32.1. The Morgan fingerprint density at radius 1 is 1.36 bits per heavy atom. The fourth-order valence-electron chi connectivity index (χ4n) is 3.08. The van der Waals surface area contributed by atoms with E-state index in [-0.39, 0.29) is 29.3 Å². The van der Waals surface area contributed by atoms with E-state index in [1.54, 1.807) is 23.7 Å². The van der Waals surface area contributed by atoms with E-state index in [1.165, 1.54) is 17.4 Å². The van der Waals surface area contributed by atoms with Crippen molar-refractivity contribution in [1.82, 2.24) is 30.3 Å². The van der Waals surface area contributed by atoms with E-state index in [9.17, 15) is 13.6 Å². The first kappa shape index (κ1) is 22.5. The van der Waals surface area contributed by atoms with Crippen LogP contribution in [0, 0.1) is 13.8 Å². The van der Waals surface area contributed by atoms with Gasteiger partial charge in [-0.15, -0.1) is 11.3 Å². The van der Waals surface area contributed by atoms with Crippen LogP contribution in [0.4, 0.5) is 14.5 Å². The third-order valence-corrected chi connectivity index (χ3v) is 5.62. The Labute approximate surface area is 190 Å². The first-order chi connectivity index (χ1) is 15.7. The minimum absolute atomic E-state index is 0.000145. The fraction of sp³-hybridized carbons (Fsp3) is 0.250. The van der Waals surface area contributed by atoms with E-state index < -0.39 is 17.7 Å². The normalized spacial score (nSPS) is 12.4. The van der Waals surface area contributed by atoms with Crippen LogP contribution in [-0.2, 0) is 6.54 Å². The minimum atomic E-state index is -3.33. The molecule has 0 saturated carbocycles. The van der Waals surface area contributed by atoms with Crippen LogP contribution in [0.25, 0.3) is 16.2 Å². The van der Waals surface area contributed by atoms with Crippen LogP contribution in [0.1, 0.15) is 33.9 Å². The van der Waals surface area contributed by atoms with Gasteiger partial charge in [-0.3, -0.25) is 9.20 Å². The highest BCUT2D eigenvalue weighted by Gasteiger charge is 2.30. The topological polar surface area (TPSA) is 136 Å². The predicted molar refractivity (Wildman–Crippen MR) is 118 cm³/mol. The number of imidazole rings is 1. The summed E-state index contributed by atoms with van der Waals surface area (Å²) in [6.45, 7) is 4.29. The van der Waals surface area contributed by atoms with E-state index in [0.29, 0.717) is 18.4 Å². The van der Waals surface area contributed by atoms with Crippen molar-refractivity contribution in [3.8, 4) is 10.6 Å². The van der Waals surface area contributed by atoms with E-state index in [2.05, 4.69) is 25.4 Å². The number of carbonyl (C=O) groups excluding carboxylic acids is 1. The molecule has 4 heterocycles. The quantitative estimate of drug-likeness (QED) is 0.169. The number of nitrogens with zero attached hydrogens (tertiary/aromatic N) is 5. The van der Waals surface area contributed by atoms with Crippen molar-refractivity contribution in [2.45, 2.75) is 33.2 Å². The zero-order chi connectivity index (χ0) is 23.8. The SMILES string of the molecule is Cc1noc(CNC(=O)c2cc(N=C(NN)C(C)(F)F)c3ncc(-c4ccc(C)s4)n3c2)n1. The molecule has 0 saturated heterocycles. The molecule has 0 aliphatic heterocycles. The van der Waals surface area contributed by atoms with Crippen LogP contribution >= 0.6 is 11.3 Å². The molecule has 4 N–H and O–H groups in total. The summed E-state index contributed by atoms with van der Waals surface area (Å²) in [6, 6.07) is 5.24. The van der Waals surface area contributed by atoms with Gasteiger partial charge in [0.15, 0.2) is 17.3 Å². The molecular weight excluding hydrogens is 454 g/mol. The van der Waals surface area contributed by atoms with Crippen molar-refractivity contribution >= 4 is 34.4 Å². The van der Waals surface area contributed by atoms with Crippen LogP contribution in [0.5, 0.6) is 0 Å². The number of carbonyl (C=O) groups is 1. The molecule has 4 rings (SSSR count). The summed E-state index contributed by atoms with van der Waals surface area (Å²) in [5.74, 6) is 1.36. The van der Waals surface area contributed by atoms with Crippen molar-refractivity contribution in [1.29, 1.82) is 0 Å². The van der Waals surface area contributed by atoms with Gasteiger partial charge in [-0.1, -0.05) is 5.16 Å². The molecular formula is C20H20F2N8O2S. The summed E-state index contributed by atoms with van der Waals surface area (Å²) in [4.78, 5) is 27.2. The van der Waals surface area contributed by atoms with Gasteiger partial charge in [0.25, 0.3) is 5.91 Å². The molecule has 0 radical (unpaired) electrons. The molecule has 4 aromatic heterocycles. The summed E-state index contributed by atoms with van der Waals surface area (Å²) in [5.41, 5.74) is 3.12. The van der Waals surface area contributed by atoms with Crippen molar-refractivity contribution in [2.75, 3.05) is 0 Å². The van der Waals surface area contributed by atoms with Gasteiger partial charge in [0, 0.05) is 18.0 Å². The Morgan fingerprint density at radius 2 is 2.15 bits per heavy atom. The van der Waals surface area contributed by atoms with Gasteiger partial charge in [-0.05, 0) is 32.0 Å². The van der Waals surface area contributed by atoms with Crippen LogP contribution in [0.3, 0.4) is 0 Å². The average molecular weight is 474 g/mol. The first-order valence-corrected chi connectivity index (χ1v) is 10.6. The zero-order valence-corrected chi connectivity index (χ0v) is 18.7. The highest BCUT2D eigenvalue weighted by molar-refractivity contribution is 7.15. The maximum atomic E-state index is 13.9. The molecule has 0 spiro atoms. The third kappa shape index (κ3) is 4.73. The van der Waals surface area contributed by atoms with E-state index in [4.69, 9.17) is 10.4 Å². The third-order valence-electron chi connectivity index (χ3n) is 4.60. The number of rotatable bonds is 6. The van der Waals surface area contributed by atoms with Crippen molar-refractivity contribution in [3.05, 3.63) is 52.7 Å². The maximum absolute atomic E-state index is 13.9. The number of aliphatic imine (C=N–C) groups is 1. The van der Waals surface area contributed by atoms with Gasteiger partial charge in [0.05, 0.1) is 28.9 Å². The number of amidine groups is 1. The smallest absolute Gasteiger partial charge is 0.302 e. The predicted octanol–water partition coefficient (Wildman–Crippen LogP) is 3.14. The number of halogens is 2. The number of hydrazine groups is 1. The summed E-state index contributed by atoms with van der Waals surface area (Å²) < 4.78 is 34.5. The number of hydrogen-bond acceptors (Lipinski definition) is 8. The maximum Gasteiger partial charge on any atom is 0.302 e. The summed E-state index contributed by atoms with van der Waals surface area (Å²) >= 11 is 1.54. The number of alkyl halides is 2. The Balaban J connectivity index is 1.80. The number of aromatic nitrogens is 4. The van der Waals surface area contributed by atoms with Crippen molar-refractivity contribution in [3.63, 3.8) is 0 Å². The molecule has 0 aromatic carbocycles. The Hall–Kier alpha value is -3.71. The monoisotopic (exact) mass is 474 g/mol. The number of amides is 1. The van der Waals surface area contributed by atoms with Crippen molar-refractivity contribution in [2.24, 2.45) is 10.8 Å². The first-order valence-electron chi connectivity index (χ1n) is 9.74. The molecule has 4 aromatic rings. The Kier molecular flexibility index (Phi) is 5.91. The molecule has 0 atom stereocenters. The molecule has 13 heteroatoms. The van der Waals surface area contributed by atoms with E-state index in [0.717, 1.165) is 9.75 Å². The van der Waals surface area contributed by atoms with Gasteiger partial charge >= 0.3 is 5.92 Å². The number of nitrogens with two attached hydrogens (primary N) is 1. The van der Waals surface area contributed by atoms with Crippen LogP contribution in [0.15, 0.2) is 40.1 Å². The Bertz CT molecular complexity index is 1350. The molecule has 0 unspecified atom stereocenters. The van der Waals surface area contributed by atoms with Crippen LogP contribution < -0.4 is 16.6 Å². The fourth-order valence-corrected chi connectivity index (χ4v) is 3.95. The van der Waals surface area contributed by atoms with E-state index >= 15 is 0 Å². The lowest BCUT2D eigenvalue weighted by atomic mass is 10.2. The van der Waals surface area contributed by atoms with E-state index in [1.807, 2.05) is 24.5 Å². The summed E-state index contributed by atoms with van der Waals surface area (Å²) in [5, 5.41) is 6.34. The highest BCUT2D eigenvalue weighted by Crippen LogP contribution is 2.32. The second-order valence-electron chi connectivity index (χ2n) is 7.27. The standard InChI is InChI=1S/C20H20F2N8O2S/c1-10-4-5-15(33-10)14-7-24-17-13(27-19(28-23)20(3,21)22)6-12(9-30(14)17)18(31)25-8-16-26-11(2)29-32-16/h4-7,9H,8,23H2,1-3H3,(H,25,31)(H,27,28). The van der Waals surface area contributed by atoms with Gasteiger partial charge < -0.3 is 15.3 Å². The second-order valence-corrected chi connectivity index (χ2v) is 8.56. The molecule has 0 aliphatic carbocycles. The van der Waals surface area contributed by atoms with Gasteiger partial charge in [-0.25, -0.2) is 15.8 Å². The van der Waals surface area contributed by atoms with Crippen molar-refractivity contribution < 1.29 is 18.1 Å². The minimum Gasteiger partial charge on any atom is -0.343 e. The van der Waals surface area contributed by atoms with Gasteiger partial charge in [0.2, 0.25) is 5.89 Å². The zero-order valence-electron chi connectivity index (χ0n) is 17.9. The van der Waals surface area contributed by atoms with Crippen LogP contribution in [0.2, 0.25) is 0 Å². The Morgan fingerprint density at radius 3 is 2.76 bits per heavy atom. The largest absolute Gasteiger partial charge is 0.343 e. The number of fused-ring (bicyclic) bond motifs is 1. The number of aryl methyl sites for hydroxylation is 2. The summed E-state index contributed by atoms with van der Waals surface area (Å²) in [6.07, 6.45) is 3.17. The number of pyridine rings is 1. The second kappa shape index (κ2) is 8.67. The van der Waals surface area contributed by atoms with Gasteiger partial charge in [0.1, 0.15) is 5.69 Å². The molecule has 10 nitrogen and oxygen atoms in total. The lowest BCUT2D eigenvalue weighted by Crippen LogP contribution is -2.42. The molecule has 1 amide bonds. The molecule has 172 valence electrons. The molecule has 0 bridgehead atoms. The number of hydrogen-bond donors (Lipinski definition) is 3. The number of thiophene rings is 1. The molecule has 33 heavy (non-hydrogen) atoms. The number of nitrogens with one attached hydrogen (secondary N) is 2. The summed E-state index contributed by atoms with van der Waals surface area (Å²) in [7, 11) is 0. The van der Waals surface area contributed by atoms with Gasteiger partial charge in [-0.2, -0.15) is 13.8 Å². The lowest BCUT2D eigenvalue weighted by Gasteiger charge is -2.14. The lowest BCUT2D eigenvalue weighted by molar-refractivity contribution is 0.0944.